The first-order valence-electron chi connectivity index (χ1n) is 5.59. The van der Waals surface area contributed by atoms with Crippen molar-refractivity contribution in [1.82, 2.24) is 9.55 Å². The highest BCUT2D eigenvalue weighted by molar-refractivity contribution is 7.09. The molecule has 0 bridgehead atoms. The molecule has 0 aliphatic carbocycles. The van der Waals surface area contributed by atoms with E-state index in [1.807, 2.05) is 22.1 Å². The number of imidazole rings is 1. The summed E-state index contributed by atoms with van der Waals surface area (Å²) in [6.07, 6.45) is 0. The van der Waals surface area contributed by atoms with Crippen LogP contribution >= 0.6 is 11.3 Å². The number of nitrogen functional groups attached to an aromatic ring is 1. The Morgan fingerprint density at radius 3 is 3.00 bits per heavy atom. The van der Waals surface area contributed by atoms with Gasteiger partial charge in [-0.25, -0.2) is 9.37 Å². The monoisotopic (exact) mass is 261 g/mol. The summed E-state index contributed by atoms with van der Waals surface area (Å²) in [7, 11) is 0. The van der Waals surface area contributed by atoms with Gasteiger partial charge >= 0.3 is 0 Å². The number of thiophene rings is 1. The highest BCUT2D eigenvalue weighted by Gasteiger charge is 2.11. The molecule has 0 aliphatic heterocycles. The molecule has 0 radical (unpaired) electrons. The van der Waals surface area contributed by atoms with Crippen LogP contribution in [0, 0.1) is 12.7 Å². The van der Waals surface area contributed by atoms with Gasteiger partial charge in [-0.05, 0) is 30.0 Å². The maximum absolute atomic E-state index is 13.5. The Morgan fingerprint density at radius 2 is 2.28 bits per heavy atom. The van der Waals surface area contributed by atoms with Gasteiger partial charge in [0.2, 0.25) is 5.95 Å². The van der Waals surface area contributed by atoms with Gasteiger partial charge < -0.3 is 10.3 Å². The lowest BCUT2D eigenvalue weighted by molar-refractivity contribution is 0.620. The molecular formula is C13H12FN3S. The minimum atomic E-state index is -0.247. The predicted octanol–water partition coefficient (Wildman–Crippen LogP) is 3.18. The first-order chi connectivity index (χ1) is 8.65. The van der Waals surface area contributed by atoms with Crippen LogP contribution in [0.3, 0.4) is 0 Å². The van der Waals surface area contributed by atoms with Crippen molar-refractivity contribution in [3.05, 3.63) is 45.9 Å². The molecule has 0 amide bonds. The molecule has 5 heteroatoms. The lowest BCUT2D eigenvalue weighted by Crippen LogP contribution is -2.03. The summed E-state index contributed by atoms with van der Waals surface area (Å²) in [5.41, 5.74) is 7.99. The van der Waals surface area contributed by atoms with Crippen molar-refractivity contribution in [3.63, 3.8) is 0 Å². The molecule has 0 spiro atoms. The Morgan fingerprint density at radius 1 is 1.44 bits per heavy atom. The molecule has 0 unspecified atom stereocenters. The van der Waals surface area contributed by atoms with E-state index in [4.69, 9.17) is 5.73 Å². The molecule has 0 aliphatic rings. The van der Waals surface area contributed by atoms with Gasteiger partial charge in [-0.2, -0.15) is 0 Å². The maximum atomic E-state index is 13.5. The largest absolute Gasteiger partial charge is 0.369 e. The van der Waals surface area contributed by atoms with Gasteiger partial charge in [0.25, 0.3) is 0 Å². The van der Waals surface area contributed by atoms with Crippen LogP contribution in [0.4, 0.5) is 10.3 Å². The van der Waals surface area contributed by atoms with Crippen LogP contribution in [0.25, 0.3) is 11.0 Å². The average molecular weight is 261 g/mol. The zero-order chi connectivity index (χ0) is 12.7. The van der Waals surface area contributed by atoms with E-state index in [0.717, 1.165) is 5.52 Å². The molecule has 3 aromatic rings. The third-order valence-corrected chi connectivity index (χ3v) is 3.81. The fraction of sp³-hybridized carbons (Fsp3) is 0.154. The summed E-state index contributed by atoms with van der Waals surface area (Å²) < 4.78 is 15.4. The van der Waals surface area contributed by atoms with E-state index in [9.17, 15) is 4.39 Å². The Labute approximate surface area is 108 Å². The molecule has 18 heavy (non-hydrogen) atoms. The van der Waals surface area contributed by atoms with Crippen LogP contribution in [0.15, 0.2) is 29.6 Å². The van der Waals surface area contributed by atoms with Gasteiger partial charge in [0.05, 0.1) is 17.6 Å². The van der Waals surface area contributed by atoms with Crippen LogP contribution in [-0.4, -0.2) is 9.55 Å². The topological polar surface area (TPSA) is 43.8 Å². The fourth-order valence-corrected chi connectivity index (χ4v) is 2.69. The number of nitrogens with two attached hydrogens (primary N) is 1. The molecule has 0 saturated carbocycles. The zero-order valence-corrected chi connectivity index (χ0v) is 10.7. The van der Waals surface area contributed by atoms with Gasteiger partial charge in [-0.15, -0.1) is 11.3 Å². The summed E-state index contributed by atoms with van der Waals surface area (Å²) in [4.78, 5) is 5.40. The van der Waals surface area contributed by atoms with Crippen molar-refractivity contribution < 1.29 is 4.39 Å². The van der Waals surface area contributed by atoms with Crippen LogP contribution in [-0.2, 0) is 6.54 Å². The van der Waals surface area contributed by atoms with E-state index in [1.165, 1.54) is 10.9 Å². The summed E-state index contributed by atoms with van der Waals surface area (Å²) >= 11 is 1.67. The second-order valence-corrected chi connectivity index (χ2v) is 5.26. The number of rotatable bonds is 2. The number of aryl methyl sites for hydroxylation is 1. The van der Waals surface area contributed by atoms with E-state index in [1.54, 1.807) is 24.3 Å². The second-order valence-electron chi connectivity index (χ2n) is 4.23. The number of anilines is 1. The normalized spacial score (nSPS) is 11.2. The van der Waals surface area contributed by atoms with E-state index in [0.29, 0.717) is 23.6 Å². The molecule has 2 heterocycles. The Balaban J connectivity index is 2.16. The quantitative estimate of drug-likeness (QED) is 0.770. The summed E-state index contributed by atoms with van der Waals surface area (Å²) in [5, 5.41) is 2.02. The second kappa shape index (κ2) is 4.10. The maximum Gasteiger partial charge on any atom is 0.201 e. The van der Waals surface area contributed by atoms with E-state index in [-0.39, 0.29) is 5.82 Å². The van der Waals surface area contributed by atoms with Crippen LogP contribution in [0.1, 0.15) is 10.4 Å². The third-order valence-electron chi connectivity index (χ3n) is 2.95. The standard InChI is InChI=1S/C13H12FN3S/c1-8-5-12-11(6-10(8)14)16-13(15)17(12)7-9-3-2-4-18-9/h2-6H,7H2,1H3,(H2,15,16). The minimum absolute atomic E-state index is 0.247. The predicted molar refractivity (Wildman–Crippen MR) is 72.3 cm³/mol. The highest BCUT2D eigenvalue weighted by Crippen LogP contribution is 2.23. The number of benzene rings is 1. The average Bonchev–Trinajstić information content (AvgIpc) is 2.92. The van der Waals surface area contributed by atoms with Crippen LogP contribution in [0.5, 0.6) is 0 Å². The number of nitrogens with zero attached hydrogens (tertiary/aromatic N) is 2. The van der Waals surface area contributed by atoms with Crippen molar-refractivity contribution >= 4 is 28.3 Å². The number of hydrogen-bond donors (Lipinski definition) is 1. The Hall–Kier alpha value is -1.88. The molecule has 0 fully saturated rings. The lowest BCUT2D eigenvalue weighted by Gasteiger charge is -2.05. The molecule has 0 saturated heterocycles. The van der Waals surface area contributed by atoms with E-state index in [2.05, 4.69) is 4.98 Å². The van der Waals surface area contributed by atoms with Crippen molar-refractivity contribution in [2.45, 2.75) is 13.5 Å². The smallest absolute Gasteiger partial charge is 0.201 e. The van der Waals surface area contributed by atoms with E-state index < -0.39 is 0 Å². The molecule has 2 aromatic heterocycles. The highest BCUT2D eigenvalue weighted by atomic mass is 32.1. The zero-order valence-electron chi connectivity index (χ0n) is 9.85. The van der Waals surface area contributed by atoms with Crippen LogP contribution in [0.2, 0.25) is 0 Å². The van der Waals surface area contributed by atoms with Gasteiger partial charge in [-0.1, -0.05) is 6.07 Å². The third kappa shape index (κ3) is 1.76. The number of fused-ring (bicyclic) bond motifs is 1. The summed E-state index contributed by atoms with van der Waals surface area (Å²) in [6, 6.07) is 7.28. The molecule has 2 N–H and O–H groups in total. The fourth-order valence-electron chi connectivity index (χ4n) is 1.99. The van der Waals surface area contributed by atoms with Crippen molar-refractivity contribution in [3.8, 4) is 0 Å². The summed E-state index contributed by atoms with van der Waals surface area (Å²) in [5.74, 6) is 0.173. The lowest BCUT2D eigenvalue weighted by atomic mass is 10.2. The molecule has 0 atom stereocenters. The summed E-state index contributed by atoms with van der Waals surface area (Å²) in [6.45, 7) is 2.42. The van der Waals surface area contributed by atoms with E-state index >= 15 is 0 Å². The number of aromatic nitrogens is 2. The van der Waals surface area contributed by atoms with Gasteiger partial charge in [-0.3, -0.25) is 0 Å². The number of hydrogen-bond acceptors (Lipinski definition) is 3. The number of halogens is 1. The van der Waals surface area contributed by atoms with Gasteiger partial charge in [0.1, 0.15) is 5.82 Å². The SMILES string of the molecule is Cc1cc2c(cc1F)nc(N)n2Cc1cccs1. The Kier molecular flexibility index (Phi) is 2.56. The van der Waals surface area contributed by atoms with Crippen LogP contribution < -0.4 is 5.73 Å². The van der Waals surface area contributed by atoms with Gasteiger partial charge in [0.15, 0.2) is 0 Å². The van der Waals surface area contributed by atoms with Gasteiger partial charge in [0, 0.05) is 10.9 Å². The molecular weight excluding hydrogens is 249 g/mol. The molecule has 3 rings (SSSR count). The first kappa shape index (κ1) is 11.2. The first-order valence-corrected chi connectivity index (χ1v) is 6.47. The minimum Gasteiger partial charge on any atom is -0.369 e. The molecule has 92 valence electrons. The molecule has 3 nitrogen and oxygen atoms in total. The Bertz CT molecular complexity index is 701. The van der Waals surface area contributed by atoms with Crippen molar-refractivity contribution in [2.24, 2.45) is 0 Å². The molecule has 1 aromatic carbocycles. The van der Waals surface area contributed by atoms with Crippen molar-refractivity contribution in [2.75, 3.05) is 5.73 Å². The van der Waals surface area contributed by atoms with Crippen molar-refractivity contribution in [1.29, 1.82) is 0 Å².